The standard InChI is InChI=1S/C15H26N4O.C2H6/c1-13(2)15-16-11-14(12-17-15)19-8-6-18(7-9-19)5-4-10-20-3;1-2/h11-13H,4-10H2,1-3H3;1-2H3. The van der Waals surface area contributed by atoms with Crippen LogP contribution >= 0.6 is 0 Å². The molecule has 1 aromatic rings. The van der Waals surface area contributed by atoms with Crippen molar-refractivity contribution in [3.63, 3.8) is 0 Å². The summed E-state index contributed by atoms with van der Waals surface area (Å²) in [5.74, 6) is 1.31. The molecule has 0 radical (unpaired) electrons. The van der Waals surface area contributed by atoms with E-state index in [1.165, 1.54) is 0 Å². The van der Waals surface area contributed by atoms with Crippen LogP contribution in [-0.4, -0.2) is 61.3 Å². The quantitative estimate of drug-likeness (QED) is 0.756. The van der Waals surface area contributed by atoms with Gasteiger partial charge in [0.1, 0.15) is 5.82 Å². The van der Waals surface area contributed by atoms with E-state index in [4.69, 9.17) is 4.74 Å². The molecule has 2 rings (SSSR count). The molecule has 0 unspecified atom stereocenters. The monoisotopic (exact) mass is 308 g/mol. The minimum absolute atomic E-state index is 0.390. The van der Waals surface area contributed by atoms with Crippen molar-refractivity contribution < 1.29 is 4.74 Å². The number of methoxy groups -OCH3 is 1. The zero-order valence-electron chi connectivity index (χ0n) is 14.9. The third kappa shape index (κ3) is 5.89. The molecule has 22 heavy (non-hydrogen) atoms. The van der Waals surface area contributed by atoms with Gasteiger partial charge in [-0.05, 0) is 6.42 Å². The molecule has 2 heterocycles. The lowest BCUT2D eigenvalue weighted by molar-refractivity contribution is 0.169. The number of hydrogen-bond donors (Lipinski definition) is 0. The highest BCUT2D eigenvalue weighted by Gasteiger charge is 2.17. The SMILES string of the molecule is CC.COCCCN1CCN(c2cnc(C(C)C)nc2)CC1. The van der Waals surface area contributed by atoms with Crippen molar-refractivity contribution in [2.75, 3.05) is 51.3 Å². The van der Waals surface area contributed by atoms with Crippen LogP contribution < -0.4 is 4.90 Å². The molecule has 0 N–H and O–H groups in total. The van der Waals surface area contributed by atoms with E-state index in [2.05, 4.69) is 33.6 Å². The van der Waals surface area contributed by atoms with Gasteiger partial charge in [-0.25, -0.2) is 9.97 Å². The largest absolute Gasteiger partial charge is 0.385 e. The molecule has 5 nitrogen and oxygen atoms in total. The second kappa shape index (κ2) is 10.5. The molecule has 0 aromatic carbocycles. The molecule has 0 spiro atoms. The molecule has 0 aliphatic carbocycles. The summed E-state index contributed by atoms with van der Waals surface area (Å²) in [6.45, 7) is 14.5. The first-order chi connectivity index (χ1) is 10.7. The van der Waals surface area contributed by atoms with E-state index >= 15 is 0 Å². The van der Waals surface area contributed by atoms with Crippen molar-refractivity contribution in [2.24, 2.45) is 0 Å². The molecule has 1 saturated heterocycles. The van der Waals surface area contributed by atoms with Crippen LogP contribution in [0, 0.1) is 0 Å². The summed E-state index contributed by atoms with van der Waals surface area (Å²) in [6, 6.07) is 0. The molecule has 1 aliphatic rings. The third-order valence-electron chi connectivity index (χ3n) is 3.73. The summed E-state index contributed by atoms with van der Waals surface area (Å²) in [7, 11) is 1.76. The minimum Gasteiger partial charge on any atom is -0.385 e. The van der Waals surface area contributed by atoms with Crippen LogP contribution in [0.1, 0.15) is 45.9 Å². The fourth-order valence-electron chi connectivity index (χ4n) is 2.45. The van der Waals surface area contributed by atoms with E-state index in [9.17, 15) is 0 Å². The zero-order valence-corrected chi connectivity index (χ0v) is 14.9. The van der Waals surface area contributed by atoms with E-state index in [0.717, 1.165) is 57.3 Å². The fourth-order valence-corrected chi connectivity index (χ4v) is 2.45. The highest BCUT2D eigenvalue weighted by molar-refractivity contribution is 5.42. The predicted molar refractivity (Wildman–Crippen MR) is 92.6 cm³/mol. The van der Waals surface area contributed by atoms with Gasteiger partial charge in [0, 0.05) is 52.4 Å². The Bertz CT molecular complexity index is 386. The summed E-state index contributed by atoms with van der Waals surface area (Å²) < 4.78 is 5.10. The van der Waals surface area contributed by atoms with Gasteiger partial charge < -0.3 is 9.64 Å². The average molecular weight is 308 g/mol. The summed E-state index contributed by atoms with van der Waals surface area (Å²) in [6.07, 6.45) is 5.04. The van der Waals surface area contributed by atoms with Crippen LogP contribution in [0.15, 0.2) is 12.4 Å². The Labute approximate surface area is 135 Å². The summed E-state index contributed by atoms with van der Waals surface area (Å²) in [4.78, 5) is 13.8. The molecule has 5 heteroatoms. The van der Waals surface area contributed by atoms with Gasteiger partial charge in [-0.2, -0.15) is 0 Å². The Balaban J connectivity index is 0.00000116. The molecule has 0 bridgehead atoms. The van der Waals surface area contributed by atoms with Gasteiger partial charge in [0.25, 0.3) is 0 Å². The molecule has 1 aromatic heterocycles. The number of aromatic nitrogens is 2. The van der Waals surface area contributed by atoms with E-state index in [1.54, 1.807) is 7.11 Å². The number of ether oxygens (including phenoxy) is 1. The molecule has 1 fully saturated rings. The number of anilines is 1. The van der Waals surface area contributed by atoms with Crippen LogP contribution in [0.2, 0.25) is 0 Å². The molecule has 0 saturated carbocycles. The lowest BCUT2D eigenvalue weighted by atomic mass is 10.2. The number of rotatable bonds is 6. The highest BCUT2D eigenvalue weighted by atomic mass is 16.5. The topological polar surface area (TPSA) is 41.5 Å². The van der Waals surface area contributed by atoms with Crippen molar-refractivity contribution in [2.45, 2.75) is 40.0 Å². The molecular formula is C17H32N4O. The van der Waals surface area contributed by atoms with Gasteiger partial charge >= 0.3 is 0 Å². The first-order valence-electron chi connectivity index (χ1n) is 8.49. The number of hydrogen-bond acceptors (Lipinski definition) is 5. The molecule has 126 valence electrons. The summed E-state index contributed by atoms with van der Waals surface area (Å²) >= 11 is 0. The normalized spacial score (nSPS) is 15.6. The van der Waals surface area contributed by atoms with Gasteiger partial charge in [0.05, 0.1) is 18.1 Å². The molecular weight excluding hydrogens is 276 g/mol. The molecule has 0 amide bonds. The average Bonchev–Trinajstić information content (AvgIpc) is 2.58. The third-order valence-corrected chi connectivity index (χ3v) is 3.73. The van der Waals surface area contributed by atoms with Gasteiger partial charge in [-0.3, -0.25) is 4.90 Å². The van der Waals surface area contributed by atoms with Gasteiger partial charge in [0.2, 0.25) is 0 Å². The Kier molecular flexibility index (Phi) is 9.01. The van der Waals surface area contributed by atoms with E-state index in [0.29, 0.717) is 5.92 Å². The first kappa shape index (κ1) is 18.8. The van der Waals surface area contributed by atoms with Gasteiger partial charge in [-0.1, -0.05) is 27.7 Å². The van der Waals surface area contributed by atoms with E-state index < -0.39 is 0 Å². The molecule has 0 atom stereocenters. The fraction of sp³-hybridized carbons (Fsp3) is 0.765. The predicted octanol–water partition coefficient (Wildman–Crippen LogP) is 2.78. The second-order valence-corrected chi connectivity index (χ2v) is 5.63. The lowest BCUT2D eigenvalue weighted by Crippen LogP contribution is -2.46. The Hall–Kier alpha value is -1.20. The van der Waals surface area contributed by atoms with E-state index in [1.807, 2.05) is 26.2 Å². The van der Waals surface area contributed by atoms with Crippen molar-refractivity contribution in [1.82, 2.24) is 14.9 Å². The van der Waals surface area contributed by atoms with Gasteiger partial charge in [-0.15, -0.1) is 0 Å². The lowest BCUT2D eigenvalue weighted by Gasteiger charge is -2.35. The van der Waals surface area contributed by atoms with Crippen molar-refractivity contribution in [3.05, 3.63) is 18.2 Å². The Morgan fingerprint density at radius 1 is 1.09 bits per heavy atom. The van der Waals surface area contributed by atoms with Gasteiger partial charge in [0.15, 0.2) is 0 Å². The van der Waals surface area contributed by atoms with Crippen LogP contribution in [0.5, 0.6) is 0 Å². The van der Waals surface area contributed by atoms with Crippen molar-refractivity contribution in [3.8, 4) is 0 Å². The molecule has 1 aliphatic heterocycles. The Morgan fingerprint density at radius 3 is 2.18 bits per heavy atom. The number of piperazine rings is 1. The second-order valence-electron chi connectivity index (χ2n) is 5.63. The zero-order chi connectivity index (χ0) is 16.4. The minimum atomic E-state index is 0.390. The van der Waals surface area contributed by atoms with Crippen molar-refractivity contribution >= 4 is 5.69 Å². The first-order valence-corrected chi connectivity index (χ1v) is 8.49. The van der Waals surface area contributed by atoms with Crippen LogP contribution in [0.3, 0.4) is 0 Å². The Morgan fingerprint density at radius 2 is 1.68 bits per heavy atom. The maximum atomic E-state index is 5.10. The number of nitrogens with zero attached hydrogens (tertiary/aromatic N) is 4. The maximum absolute atomic E-state index is 5.10. The van der Waals surface area contributed by atoms with Crippen LogP contribution in [0.4, 0.5) is 5.69 Å². The van der Waals surface area contributed by atoms with E-state index in [-0.39, 0.29) is 0 Å². The van der Waals surface area contributed by atoms with Crippen molar-refractivity contribution in [1.29, 1.82) is 0 Å². The maximum Gasteiger partial charge on any atom is 0.130 e. The smallest absolute Gasteiger partial charge is 0.130 e. The highest BCUT2D eigenvalue weighted by Crippen LogP contribution is 2.16. The summed E-state index contributed by atoms with van der Waals surface area (Å²) in [5, 5.41) is 0. The van der Waals surface area contributed by atoms with Crippen LogP contribution in [0.25, 0.3) is 0 Å². The van der Waals surface area contributed by atoms with Crippen LogP contribution in [-0.2, 0) is 4.74 Å². The summed E-state index contributed by atoms with van der Waals surface area (Å²) in [5.41, 5.74) is 1.14.